The predicted octanol–water partition coefficient (Wildman–Crippen LogP) is 0.267. The van der Waals surface area contributed by atoms with Gasteiger partial charge in [-0.15, -0.1) is 0 Å². The first-order valence-corrected chi connectivity index (χ1v) is 4.16. The van der Waals surface area contributed by atoms with Gasteiger partial charge in [-0.25, -0.2) is 4.98 Å². The number of aromatic nitrogens is 1. The molecule has 0 fully saturated rings. The average molecular weight is 179 g/mol. The van der Waals surface area contributed by atoms with Gasteiger partial charge in [0.15, 0.2) is 0 Å². The first-order chi connectivity index (χ1) is 6.25. The Balaban J connectivity index is 2.84. The van der Waals surface area contributed by atoms with E-state index in [9.17, 15) is 9.90 Å². The van der Waals surface area contributed by atoms with Gasteiger partial charge in [0.2, 0.25) is 0 Å². The molecule has 70 valence electrons. The molecule has 0 radical (unpaired) electrons. The molecule has 1 aromatic rings. The van der Waals surface area contributed by atoms with Crippen LogP contribution in [0.15, 0.2) is 18.3 Å². The fourth-order valence-corrected chi connectivity index (χ4v) is 0.954. The van der Waals surface area contributed by atoms with Gasteiger partial charge in [-0.2, -0.15) is 0 Å². The smallest absolute Gasteiger partial charge is 0.135 e. The van der Waals surface area contributed by atoms with Gasteiger partial charge < -0.3 is 15.2 Å². The van der Waals surface area contributed by atoms with Crippen LogP contribution in [0.4, 0.5) is 5.82 Å². The molecule has 0 aromatic carbocycles. The second-order valence-corrected chi connectivity index (χ2v) is 2.61. The maximum Gasteiger partial charge on any atom is 0.135 e. The highest BCUT2D eigenvalue weighted by Gasteiger charge is 2.01. The number of hydrogen-bond donors (Lipinski definition) is 1. The molecule has 4 nitrogen and oxygen atoms in total. The van der Waals surface area contributed by atoms with Crippen LogP contribution in [-0.2, 0) is 0 Å². The average Bonchev–Trinajstić information content (AvgIpc) is 2.15. The van der Waals surface area contributed by atoms with E-state index >= 15 is 0 Å². The zero-order chi connectivity index (χ0) is 9.68. The largest absolute Gasteiger partial charge is 0.545 e. The summed E-state index contributed by atoms with van der Waals surface area (Å²) in [5.74, 6) is -0.823. The maximum atomic E-state index is 10.6. The van der Waals surface area contributed by atoms with E-state index in [1.807, 2.05) is 6.92 Å². The van der Waals surface area contributed by atoms with Crippen molar-refractivity contribution < 1.29 is 9.90 Å². The third kappa shape index (κ3) is 2.43. The van der Waals surface area contributed by atoms with Gasteiger partial charge in [0.05, 0.1) is 5.97 Å². The maximum absolute atomic E-state index is 10.6. The number of carbonyl (C=O) groups excluding carboxylic acids is 1. The third-order valence-electron chi connectivity index (χ3n) is 1.57. The molecule has 0 aliphatic carbocycles. The molecule has 0 bridgehead atoms. The Hall–Kier alpha value is -1.58. The zero-order valence-electron chi connectivity index (χ0n) is 7.41. The van der Waals surface area contributed by atoms with Crippen LogP contribution < -0.4 is 10.4 Å². The Morgan fingerprint density at radius 1 is 1.69 bits per heavy atom. The second kappa shape index (κ2) is 4.45. The normalized spacial score (nSPS) is 9.62. The highest BCUT2D eigenvalue weighted by Crippen LogP contribution is 2.09. The van der Waals surface area contributed by atoms with Gasteiger partial charge in [0, 0.05) is 18.3 Å². The minimum absolute atomic E-state index is 0.107. The number of carbonyl (C=O) groups is 1. The summed E-state index contributed by atoms with van der Waals surface area (Å²) in [6.07, 6.45) is 2.47. The summed E-state index contributed by atoms with van der Waals surface area (Å²) >= 11 is 0. The van der Waals surface area contributed by atoms with Crippen LogP contribution in [0.3, 0.4) is 0 Å². The molecule has 0 saturated heterocycles. The minimum atomic E-state index is -1.20. The summed E-state index contributed by atoms with van der Waals surface area (Å²) < 4.78 is 0. The fraction of sp³-hybridized carbons (Fsp3) is 0.333. The number of carboxylic acid groups (broad SMARTS) is 1. The molecule has 0 unspecified atom stereocenters. The van der Waals surface area contributed by atoms with Crippen LogP contribution in [0.1, 0.15) is 23.7 Å². The van der Waals surface area contributed by atoms with Crippen molar-refractivity contribution in [3.63, 3.8) is 0 Å². The molecule has 0 spiro atoms. The lowest BCUT2D eigenvalue weighted by Crippen LogP contribution is -2.24. The van der Waals surface area contributed by atoms with Gasteiger partial charge in [-0.3, -0.25) is 0 Å². The van der Waals surface area contributed by atoms with E-state index in [4.69, 9.17) is 0 Å². The summed E-state index contributed by atoms with van der Waals surface area (Å²) in [4.78, 5) is 14.5. The van der Waals surface area contributed by atoms with Crippen molar-refractivity contribution >= 4 is 11.8 Å². The molecule has 0 saturated carbocycles. The molecule has 4 heteroatoms. The van der Waals surface area contributed by atoms with Gasteiger partial charge >= 0.3 is 0 Å². The lowest BCUT2D eigenvalue weighted by molar-refractivity contribution is -0.254. The van der Waals surface area contributed by atoms with Crippen molar-refractivity contribution in [2.75, 3.05) is 11.9 Å². The van der Waals surface area contributed by atoms with Crippen molar-refractivity contribution in [2.45, 2.75) is 13.3 Å². The van der Waals surface area contributed by atoms with Crippen molar-refractivity contribution in [1.29, 1.82) is 0 Å². The van der Waals surface area contributed by atoms with Gasteiger partial charge in [0.25, 0.3) is 0 Å². The molecule has 0 aliphatic rings. The number of pyridine rings is 1. The van der Waals surface area contributed by atoms with E-state index < -0.39 is 5.97 Å². The molecular formula is C9H11N2O2-. The van der Waals surface area contributed by atoms with E-state index in [0.717, 1.165) is 6.42 Å². The first kappa shape index (κ1) is 9.51. The fourth-order valence-electron chi connectivity index (χ4n) is 0.954. The van der Waals surface area contributed by atoms with E-state index in [1.165, 1.54) is 6.07 Å². The Morgan fingerprint density at radius 2 is 2.46 bits per heavy atom. The molecular weight excluding hydrogens is 168 g/mol. The SMILES string of the molecule is CCCNc1ncccc1C(=O)[O-]. The zero-order valence-corrected chi connectivity index (χ0v) is 7.41. The van der Waals surface area contributed by atoms with Crippen molar-refractivity contribution in [3.8, 4) is 0 Å². The Bertz CT molecular complexity index is 299. The van der Waals surface area contributed by atoms with Gasteiger partial charge in [0.1, 0.15) is 5.82 Å². The van der Waals surface area contributed by atoms with E-state index in [0.29, 0.717) is 12.4 Å². The van der Waals surface area contributed by atoms with Crippen molar-refractivity contribution in [3.05, 3.63) is 23.9 Å². The monoisotopic (exact) mass is 179 g/mol. The summed E-state index contributed by atoms with van der Waals surface area (Å²) in [5, 5.41) is 13.5. The molecule has 0 atom stereocenters. The standard InChI is InChI=1S/C9H12N2O2/c1-2-5-10-8-7(9(12)13)4-3-6-11-8/h3-4,6H,2,5H2,1H3,(H,10,11)(H,12,13)/p-1. The van der Waals surface area contributed by atoms with Crippen LogP contribution >= 0.6 is 0 Å². The molecule has 0 amide bonds. The van der Waals surface area contributed by atoms with E-state index in [1.54, 1.807) is 12.3 Å². The van der Waals surface area contributed by atoms with Crippen LogP contribution in [-0.4, -0.2) is 17.5 Å². The highest BCUT2D eigenvalue weighted by molar-refractivity contribution is 5.91. The molecule has 1 rings (SSSR count). The molecule has 1 N–H and O–H groups in total. The lowest BCUT2D eigenvalue weighted by Gasteiger charge is -2.09. The summed E-state index contributed by atoms with van der Waals surface area (Å²) in [7, 11) is 0. The van der Waals surface area contributed by atoms with Crippen molar-refractivity contribution in [2.24, 2.45) is 0 Å². The number of carboxylic acids is 1. The van der Waals surface area contributed by atoms with Gasteiger partial charge in [-0.1, -0.05) is 6.92 Å². The number of rotatable bonds is 4. The van der Waals surface area contributed by atoms with E-state index in [-0.39, 0.29) is 5.56 Å². The molecule has 0 aliphatic heterocycles. The summed E-state index contributed by atoms with van der Waals surface area (Å²) in [6.45, 7) is 2.70. The Kier molecular flexibility index (Phi) is 3.25. The van der Waals surface area contributed by atoms with Crippen LogP contribution in [0.2, 0.25) is 0 Å². The number of nitrogens with one attached hydrogen (secondary N) is 1. The van der Waals surface area contributed by atoms with Gasteiger partial charge in [-0.05, 0) is 18.6 Å². The topological polar surface area (TPSA) is 65.0 Å². The number of hydrogen-bond acceptors (Lipinski definition) is 4. The lowest BCUT2D eigenvalue weighted by atomic mass is 10.2. The summed E-state index contributed by atoms with van der Waals surface area (Å²) in [5.41, 5.74) is 0.107. The first-order valence-electron chi connectivity index (χ1n) is 4.16. The van der Waals surface area contributed by atoms with Crippen LogP contribution in [0.5, 0.6) is 0 Å². The van der Waals surface area contributed by atoms with Crippen LogP contribution in [0.25, 0.3) is 0 Å². The quantitative estimate of drug-likeness (QED) is 0.720. The number of nitrogens with zero attached hydrogens (tertiary/aromatic N) is 1. The molecule has 1 aromatic heterocycles. The number of anilines is 1. The van der Waals surface area contributed by atoms with Crippen LogP contribution in [0, 0.1) is 0 Å². The van der Waals surface area contributed by atoms with E-state index in [2.05, 4.69) is 10.3 Å². The number of aromatic carboxylic acids is 1. The second-order valence-electron chi connectivity index (χ2n) is 2.61. The Morgan fingerprint density at radius 3 is 3.08 bits per heavy atom. The predicted molar refractivity (Wildman–Crippen MR) is 47.3 cm³/mol. The Labute approximate surface area is 76.6 Å². The minimum Gasteiger partial charge on any atom is -0.545 e. The summed E-state index contributed by atoms with van der Waals surface area (Å²) in [6, 6.07) is 3.04. The van der Waals surface area contributed by atoms with Crippen molar-refractivity contribution in [1.82, 2.24) is 4.98 Å². The molecule has 13 heavy (non-hydrogen) atoms. The third-order valence-corrected chi connectivity index (χ3v) is 1.57. The highest BCUT2D eigenvalue weighted by atomic mass is 16.4. The molecule has 1 heterocycles.